The van der Waals surface area contributed by atoms with Gasteiger partial charge in [0.2, 0.25) is 0 Å². The van der Waals surface area contributed by atoms with Gasteiger partial charge in [-0.3, -0.25) is 4.68 Å². The lowest BCUT2D eigenvalue weighted by atomic mass is 10.2. The third-order valence-corrected chi connectivity index (χ3v) is 5.38. The molecule has 3 aromatic heterocycles. The van der Waals surface area contributed by atoms with Gasteiger partial charge < -0.3 is 9.64 Å². The zero-order valence-electron chi connectivity index (χ0n) is 15.9. The van der Waals surface area contributed by atoms with Gasteiger partial charge in [-0.2, -0.15) is 9.61 Å². The second kappa shape index (κ2) is 7.32. The van der Waals surface area contributed by atoms with Crippen molar-refractivity contribution >= 4 is 22.9 Å². The maximum Gasteiger partial charge on any atom is 0.257 e. The fourth-order valence-electron chi connectivity index (χ4n) is 3.51. The van der Waals surface area contributed by atoms with Crippen molar-refractivity contribution in [3.05, 3.63) is 47.5 Å². The molecule has 4 heterocycles. The van der Waals surface area contributed by atoms with Crippen LogP contribution in [0.2, 0.25) is 5.02 Å². The van der Waals surface area contributed by atoms with Crippen LogP contribution in [-0.2, 0) is 13.7 Å². The number of nitrogens with zero attached hydrogens (tertiary/aromatic N) is 8. The number of benzene rings is 1. The molecule has 1 aliphatic heterocycles. The van der Waals surface area contributed by atoms with E-state index in [1.54, 1.807) is 9.20 Å². The van der Waals surface area contributed by atoms with E-state index in [1.165, 1.54) is 6.33 Å². The van der Waals surface area contributed by atoms with Gasteiger partial charge in [0.05, 0.1) is 0 Å². The molecule has 0 spiro atoms. The Hall–Kier alpha value is -3.20. The molecule has 1 fully saturated rings. The maximum atomic E-state index is 6.80. The fourth-order valence-corrected chi connectivity index (χ4v) is 3.83. The summed E-state index contributed by atoms with van der Waals surface area (Å²) in [7, 11) is 1.82. The maximum absolute atomic E-state index is 6.80. The molecule has 0 aliphatic carbocycles. The number of hydrogen-bond acceptors (Lipinski definition) is 7. The van der Waals surface area contributed by atoms with Crippen molar-refractivity contribution in [3.8, 4) is 17.3 Å². The summed E-state index contributed by atoms with van der Waals surface area (Å²) in [6.07, 6.45) is 3.70. The van der Waals surface area contributed by atoms with Crippen LogP contribution in [0.5, 0.6) is 5.88 Å². The van der Waals surface area contributed by atoms with Crippen LogP contribution in [0.1, 0.15) is 18.7 Å². The number of halogens is 1. The zero-order chi connectivity index (χ0) is 19.8. The van der Waals surface area contributed by atoms with E-state index < -0.39 is 0 Å². The van der Waals surface area contributed by atoms with Gasteiger partial charge >= 0.3 is 0 Å². The second-order valence-corrected chi connectivity index (χ2v) is 7.25. The molecule has 0 radical (unpaired) electrons. The second-order valence-electron chi connectivity index (χ2n) is 6.88. The van der Waals surface area contributed by atoms with Crippen molar-refractivity contribution in [3.63, 3.8) is 0 Å². The lowest BCUT2D eigenvalue weighted by Gasteiger charge is -2.22. The van der Waals surface area contributed by atoms with Gasteiger partial charge in [0.25, 0.3) is 5.88 Å². The number of aromatic nitrogens is 7. The van der Waals surface area contributed by atoms with Crippen LogP contribution in [-0.4, -0.2) is 47.7 Å². The Morgan fingerprint density at radius 1 is 1.10 bits per heavy atom. The predicted molar refractivity (Wildman–Crippen MR) is 108 cm³/mol. The third kappa shape index (κ3) is 3.17. The smallest absolute Gasteiger partial charge is 0.257 e. The summed E-state index contributed by atoms with van der Waals surface area (Å²) in [5.41, 5.74) is 2.17. The molecule has 1 saturated heterocycles. The number of anilines is 1. The Labute approximate surface area is 171 Å². The minimum absolute atomic E-state index is 0.231. The number of ether oxygens (including phenoxy) is 1. The van der Waals surface area contributed by atoms with Crippen molar-refractivity contribution in [2.45, 2.75) is 19.4 Å². The topological polar surface area (TPSA) is 86.3 Å². The Morgan fingerprint density at radius 3 is 2.62 bits per heavy atom. The lowest BCUT2D eigenvalue weighted by molar-refractivity contribution is 0.275. The van der Waals surface area contributed by atoms with Gasteiger partial charge in [-0.05, 0) is 12.8 Å². The van der Waals surface area contributed by atoms with Gasteiger partial charge in [-0.1, -0.05) is 41.9 Å². The Morgan fingerprint density at radius 2 is 1.90 bits per heavy atom. The Balaban J connectivity index is 1.63. The fraction of sp³-hybridized carbons (Fsp3) is 0.316. The summed E-state index contributed by atoms with van der Waals surface area (Å²) in [5.74, 6) is 1.74. The molecule has 148 valence electrons. The molecule has 0 N–H and O–H groups in total. The van der Waals surface area contributed by atoms with Crippen LogP contribution >= 0.6 is 11.6 Å². The van der Waals surface area contributed by atoms with Gasteiger partial charge in [-0.15, -0.1) is 15.3 Å². The van der Waals surface area contributed by atoms with E-state index in [1.807, 2.05) is 37.4 Å². The standard InChI is InChI=1S/C19H19ClN8O/c1-26-14(21-12-22-26)11-29-19-16(27-9-5-6-10-27)15(20)18-24-23-17(28(18)25-19)13-7-3-2-4-8-13/h2-4,7-8,12H,5-6,9-11H2,1H3. The third-order valence-electron chi connectivity index (χ3n) is 5.04. The van der Waals surface area contributed by atoms with E-state index in [2.05, 4.69) is 25.2 Å². The van der Waals surface area contributed by atoms with Crippen molar-refractivity contribution in [2.24, 2.45) is 7.05 Å². The van der Waals surface area contributed by atoms with E-state index in [4.69, 9.17) is 21.4 Å². The minimum Gasteiger partial charge on any atom is -0.467 e. The highest BCUT2D eigenvalue weighted by atomic mass is 35.5. The molecule has 29 heavy (non-hydrogen) atoms. The van der Waals surface area contributed by atoms with E-state index in [0.717, 1.165) is 37.2 Å². The van der Waals surface area contributed by atoms with Crippen LogP contribution in [0.3, 0.4) is 0 Å². The molecular formula is C19H19ClN8O. The molecule has 0 unspecified atom stereocenters. The molecule has 0 saturated carbocycles. The average molecular weight is 411 g/mol. The number of hydrogen-bond donors (Lipinski definition) is 0. The van der Waals surface area contributed by atoms with Crippen molar-refractivity contribution in [1.82, 2.24) is 34.6 Å². The first-order valence-corrected chi connectivity index (χ1v) is 9.81. The molecule has 10 heteroatoms. The molecule has 1 aromatic carbocycles. The van der Waals surface area contributed by atoms with Crippen molar-refractivity contribution < 1.29 is 4.74 Å². The molecule has 1 aliphatic rings. The van der Waals surface area contributed by atoms with Crippen molar-refractivity contribution in [1.29, 1.82) is 0 Å². The first-order valence-electron chi connectivity index (χ1n) is 9.43. The van der Waals surface area contributed by atoms with Crippen LogP contribution < -0.4 is 9.64 Å². The van der Waals surface area contributed by atoms with Crippen LogP contribution in [0.25, 0.3) is 17.0 Å². The van der Waals surface area contributed by atoms with E-state index in [9.17, 15) is 0 Å². The highest BCUT2D eigenvalue weighted by Gasteiger charge is 2.26. The monoisotopic (exact) mass is 410 g/mol. The minimum atomic E-state index is 0.231. The summed E-state index contributed by atoms with van der Waals surface area (Å²) in [4.78, 5) is 6.41. The molecule has 5 rings (SSSR count). The predicted octanol–water partition coefficient (Wildman–Crippen LogP) is 2.75. The first kappa shape index (κ1) is 17.9. The summed E-state index contributed by atoms with van der Waals surface area (Å²) >= 11 is 6.80. The number of fused-ring (bicyclic) bond motifs is 1. The summed E-state index contributed by atoms with van der Waals surface area (Å²) in [6.45, 7) is 2.03. The van der Waals surface area contributed by atoms with Crippen LogP contribution in [0.4, 0.5) is 5.69 Å². The highest BCUT2D eigenvalue weighted by molar-refractivity contribution is 6.36. The van der Waals surface area contributed by atoms with Crippen molar-refractivity contribution in [2.75, 3.05) is 18.0 Å². The molecular weight excluding hydrogens is 392 g/mol. The van der Waals surface area contributed by atoms with Gasteiger partial charge in [0, 0.05) is 25.7 Å². The zero-order valence-corrected chi connectivity index (χ0v) is 16.6. The largest absolute Gasteiger partial charge is 0.467 e. The first-order chi connectivity index (χ1) is 14.2. The molecule has 0 atom stereocenters. The normalized spacial score (nSPS) is 14.1. The summed E-state index contributed by atoms with van der Waals surface area (Å²) < 4.78 is 9.40. The summed E-state index contributed by atoms with van der Waals surface area (Å²) in [5, 5.41) is 17.9. The average Bonchev–Trinajstić information content (AvgIpc) is 3.48. The Kier molecular flexibility index (Phi) is 4.51. The van der Waals surface area contributed by atoms with Crippen LogP contribution in [0, 0.1) is 0 Å². The molecule has 9 nitrogen and oxygen atoms in total. The van der Waals surface area contributed by atoms with Gasteiger partial charge in [0.1, 0.15) is 23.6 Å². The van der Waals surface area contributed by atoms with E-state index in [-0.39, 0.29) is 6.61 Å². The number of rotatable bonds is 5. The molecule has 0 amide bonds. The number of aryl methyl sites for hydroxylation is 1. The molecule has 4 aromatic rings. The SMILES string of the molecule is Cn1ncnc1COc1nn2c(-c3ccccc3)nnc2c(Cl)c1N1CCCC1. The highest BCUT2D eigenvalue weighted by Crippen LogP contribution is 2.39. The Bertz CT molecular complexity index is 1150. The van der Waals surface area contributed by atoms with E-state index in [0.29, 0.717) is 28.2 Å². The quantitative estimate of drug-likeness (QED) is 0.500. The van der Waals surface area contributed by atoms with Gasteiger partial charge in [-0.25, -0.2) is 4.98 Å². The summed E-state index contributed by atoms with van der Waals surface area (Å²) in [6, 6.07) is 9.76. The van der Waals surface area contributed by atoms with Gasteiger partial charge in [0.15, 0.2) is 17.3 Å². The lowest BCUT2D eigenvalue weighted by Crippen LogP contribution is -2.21. The van der Waals surface area contributed by atoms with Crippen LogP contribution in [0.15, 0.2) is 36.7 Å². The molecule has 0 bridgehead atoms. The van der Waals surface area contributed by atoms with E-state index >= 15 is 0 Å².